The SMILES string of the molecule is O=C(COc1ccc([N+](=O)[O-])c(Cl)c1)C1CCCC1. The predicted octanol–water partition coefficient (Wildman–Crippen LogP) is 3.39. The summed E-state index contributed by atoms with van der Waals surface area (Å²) >= 11 is 5.76. The largest absolute Gasteiger partial charge is 0.486 e. The highest BCUT2D eigenvalue weighted by Crippen LogP contribution is 2.29. The molecule has 0 atom stereocenters. The van der Waals surface area contributed by atoms with Crippen molar-refractivity contribution >= 4 is 23.1 Å². The van der Waals surface area contributed by atoms with Crippen LogP contribution < -0.4 is 4.74 Å². The van der Waals surface area contributed by atoms with Gasteiger partial charge in [-0.3, -0.25) is 14.9 Å². The van der Waals surface area contributed by atoms with Crippen LogP contribution in [0, 0.1) is 16.0 Å². The lowest BCUT2D eigenvalue weighted by Crippen LogP contribution is -2.19. The first-order valence-electron chi connectivity index (χ1n) is 6.17. The van der Waals surface area contributed by atoms with E-state index in [1.165, 1.54) is 18.2 Å². The smallest absolute Gasteiger partial charge is 0.288 e. The molecule has 1 aliphatic rings. The Kier molecular flexibility index (Phi) is 4.37. The lowest BCUT2D eigenvalue weighted by atomic mass is 10.0. The highest BCUT2D eigenvalue weighted by Gasteiger charge is 2.23. The minimum atomic E-state index is -0.560. The lowest BCUT2D eigenvalue weighted by molar-refractivity contribution is -0.384. The van der Waals surface area contributed by atoms with Gasteiger partial charge in [-0.1, -0.05) is 24.4 Å². The summed E-state index contributed by atoms with van der Waals surface area (Å²) in [6, 6.07) is 4.09. The van der Waals surface area contributed by atoms with Gasteiger partial charge >= 0.3 is 0 Å². The van der Waals surface area contributed by atoms with Crippen molar-refractivity contribution in [3.63, 3.8) is 0 Å². The Morgan fingerprint density at radius 2 is 2.11 bits per heavy atom. The fourth-order valence-corrected chi connectivity index (χ4v) is 2.49. The molecule has 0 spiro atoms. The van der Waals surface area contributed by atoms with Gasteiger partial charge in [0.2, 0.25) is 0 Å². The zero-order valence-corrected chi connectivity index (χ0v) is 11.1. The molecule has 6 heteroatoms. The number of rotatable bonds is 5. The normalized spacial score (nSPS) is 15.4. The van der Waals surface area contributed by atoms with Gasteiger partial charge in [0.1, 0.15) is 17.4 Å². The number of Topliss-reactive ketones (excluding diaryl/α,β-unsaturated/α-hetero) is 1. The van der Waals surface area contributed by atoms with Crippen LogP contribution in [0.15, 0.2) is 18.2 Å². The van der Waals surface area contributed by atoms with Gasteiger partial charge in [-0.2, -0.15) is 0 Å². The van der Waals surface area contributed by atoms with E-state index in [2.05, 4.69) is 0 Å². The van der Waals surface area contributed by atoms with Crippen molar-refractivity contribution < 1.29 is 14.5 Å². The van der Waals surface area contributed by atoms with Crippen molar-refractivity contribution in [1.29, 1.82) is 0 Å². The third-order valence-electron chi connectivity index (χ3n) is 3.31. The number of hydrogen-bond acceptors (Lipinski definition) is 4. The Morgan fingerprint density at radius 3 is 2.68 bits per heavy atom. The quantitative estimate of drug-likeness (QED) is 0.613. The highest BCUT2D eigenvalue weighted by atomic mass is 35.5. The topological polar surface area (TPSA) is 69.4 Å². The van der Waals surface area contributed by atoms with E-state index in [1.54, 1.807) is 0 Å². The molecule has 1 aliphatic carbocycles. The van der Waals surface area contributed by atoms with Gasteiger partial charge in [-0.15, -0.1) is 0 Å². The third-order valence-corrected chi connectivity index (χ3v) is 3.61. The van der Waals surface area contributed by atoms with E-state index in [-0.39, 0.29) is 29.0 Å². The number of carbonyl (C=O) groups is 1. The van der Waals surface area contributed by atoms with Crippen LogP contribution >= 0.6 is 11.6 Å². The van der Waals surface area contributed by atoms with E-state index in [0.29, 0.717) is 5.75 Å². The highest BCUT2D eigenvalue weighted by molar-refractivity contribution is 6.32. The van der Waals surface area contributed by atoms with Crippen molar-refractivity contribution in [3.8, 4) is 5.75 Å². The van der Waals surface area contributed by atoms with Crippen molar-refractivity contribution in [2.24, 2.45) is 5.92 Å². The van der Waals surface area contributed by atoms with Gasteiger partial charge in [0.25, 0.3) is 5.69 Å². The minimum Gasteiger partial charge on any atom is -0.486 e. The summed E-state index contributed by atoms with van der Waals surface area (Å²) in [6.45, 7) is -0.00118. The molecule has 2 rings (SSSR count). The second-order valence-electron chi connectivity index (χ2n) is 4.61. The molecule has 1 saturated carbocycles. The molecule has 1 fully saturated rings. The van der Waals surface area contributed by atoms with Crippen LogP contribution in [0.2, 0.25) is 5.02 Å². The molecule has 1 aromatic carbocycles. The van der Waals surface area contributed by atoms with Gasteiger partial charge in [0.05, 0.1) is 4.92 Å². The van der Waals surface area contributed by atoms with Gasteiger partial charge in [0, 0.05) is 18.1 Å². The molecule has 0 bridgehead atoms. The Bertz CT molecular complexity index is 497. The molecular formula is C13H14ClNO4. The Morgan fingerprint density at radius 1 is 1.42 bits per heavy atom. The number of ketones is 1. The lowest BCUT2D eigenvalue weighted by Gasteiger charge is -2.09. The average molecular weight is 284 g/mol. The fraction of sp³-hybridized carbons (Fsp3) is 0.462. The molecule has 0 radical (unpaired) electrons. The molecule has 0 amide bonds. The van der Waals surface area contributed by atoms with Gasteiger partial charge < -0.3 is 4.74 Å². The fourth-order valence-electron chi connectivity index (χ4n) is 2.25. The molecule has 1 aromatic rings. The number of carbonyl (C=O) groups excluding carboxylic acids is 1. The summed E-state index contributed by atoms with van der Waals surface area (Å²) in [4.78, 5) is 21.9. The van der Waals surface area contributed by atoms with Crippen LogP contribution in [0.1, 0.15) is 25.7 Å². The number of nitro benzene ring substituents is 1. The van der Waals surface area contributed by atoms with Crippen LogP contribution in [0.25, 0.3) is 0 Å². The van der Waals surface area contributed by atoms with E-state index >= 15 is 0 Å². The maximum Gasteiger partial charge on any atom is 0.288 e. The Hall–Kier alpha value is -1.62. The number of nitrogens with zero attached hydrogens (tertiary/aromatic N) is 1. The van der Waals surface area contributed by atoms with E-state index in [4.69, 9.17) is 16.3 Å². The van der Waals surface area contributed by atoms with Gasteiger partial charge in [-0.25, -0.2) is 0 Å². The first-order chi connectivity index (χ1) is 9.08. The third kappa shape index (κ3) is 3.44. The first kappa shape index (κ1) is 13.8. The molecule has 0 saturated heterocycles. The summed E-state index contributed by atoms with van der Waals surface area (Å²) < 4.78 is 5.34. The summed E-state index contributed by atoms with van der Waals surface area (Å²) in [5.74, 6) is 0.572. The summed E-state index contributed by atoms with van der Waals surface area (Å²) in [5.41, 5.74) is -0.170. The van der Waals surface area contributed by atoms with E-state index in [0.717, 1.165) is 25.7 Å². The van der Waals surface area contributed by atoms with Crippen LogP contribution in [-0.2, 0) is 4.79 Å². The number of nitro groups is 1. The van der Waals surface area contributed by atoms with Crippen LogP contribution in [-0.4, -0.2) is 17.3 Å². The maximum atomic E-state index is 11.8. The standard InChI is InChI=1S/C13H14ClNO4/c14-11-7-10(5-6-12(11)15(17)18)19-8-13(16)9-3-1-2-4-9/h5-7,9H,1-4,8H2. The molecule has 0 aromatic heterocycles. The molecular weight excluding hydrogens is 270 g/mol. The summed E-state index contributed by atoms with van der Waals surface area (Å²) in [7, 11) is 0. The monoisotopic (exact) mass is 283 g/mol. The Labute approximate surface area is 115 Å². The second kappa shape index (κ2) is 6.02. The van der Waals surface area contributed by atoms with E-state index < -0.39 is 4.92 Å². The summed E-state index contributed by atoms with van der Waals surface area (Å²) in [6.07, 6.45) is 4.06. The number of halogens is 1. The van der Waals surface area contributed by atoms with E-state index in [1.807, 2.05) is 0 Å². The number of ether oxygens (including phenoxy) is 1. The van der Waals surface area contributed by atoms with Crippen molar-refractivity contribution in [2.75, 3.05) is 6.61 Å². The molecule has 19 heavy (non-hydrogen) atoms. The van der Waals surface area contributed by atoms with Gasteiger partial charge in [-0.05, 0) is 18.9 Å². The van der Waals surface area contributed by atoms with Crippen LogP contribution in [0.4, 0.5) is 5.69 Å². The summed E-state index contributed by atoms with van der Waals surface area (Å²) in [5, 5.41) is 10.6. The maximum absolute atomic E-state index is 11.8. The second-order valence-corrected chi connectivity index (χ2v) is 5.01. The molecule has 5 nitrogen and oxygen atoms in total. The van der Waals surface area contributed by atoms with Crippen molar-refractivity contribution in [2.45, 2.75) is 25.7 Å². The molecule has 0 N–H and O–H groups in total. The molecule has 0 unspecified atom stereocenters. The molecule has 0 aliphatic heterocycles. The van der Waals surface area contributed by atoms with Crippen LogP contribution in [0.3, 0.4) is 0 Å². The predicted molar refractivity (Wildman–Crippen MR) is 70.6 cm³/mol. The zero-order valence-electron chi connectivity index (χ0n) is 10.3. The van der Waals surface area contributed by atoms with E-state index in [9.17, 15) is 14.9 Å². The first-order valence-corrected chi connectivity index (χ1v) is 6.55. The van der Waals surface area contributed by atoms with Gasteiger partial charge in [0.15, 0.2) is 5.78 Å². The minimum absolute atomic E-state index is 0.00118. The van der Waals surface area contributed by atoms with Crippen LogP contribution in [0.5, 0.6) is 5.75 Å². The van der Waals surface area contributed by atoms with Crippen molar-refractivity contribution in [3.05, 3.63) is 33.3 Å². The average Bonchev–Trinajstić information content (AvgIpc) is 2.89. The molecule has 102 valence electrons. The number of benzene rings is 1. The van der Waals surface area contributed by atoms with Crippen molar-refractivity contribution in [1.82, 2.24) is 0 Å². The number of hydrogen-bond donors (Lipinski definition) is 0. The Balaban J connectivity index is 1.94. The zero-order chi connectivity index (χ0) is 13.8. The molecule has 0 heterocycles.